The summed E-state index contributed by atoms with van der Waals surface area (Å²) in [5, 5.41) is 8.75. The normalized spacial score (nSPS) is 11.1. The van der Waals surface area contributed by atoms with E-state index in [-0.39, 0.29) is 0 Å². The first-order chi connectivity index (χ1) is 15.1. The van der Waals surface area contributed by atoms with Crippen LogP contribution in [0.2, 0.25) is 0 Å². The minimum Gasteiger partial charge on any atom is -0.478 e. The van der Waals surface area contributed by atoms with Crippen LogP contribution in [0.4, 0.5) is 0 Å². The van der Waals surface area contributed by atoms with Crippen molar-refractivity contribution in [1.29, 1.82) is 0 Å². The number of hydrogen-bond donors (Lipinski definition) is 1. The van der Waals surface area contributed by atoms with Crippen LogP contribution in [0.25, 0.3) is 0 Å². The lowest BCUT2D eigenvalue weighted by Crippen LogP contribution is -1.95. The Morgan fingerprint density at radius 3 is 1.42 bits per heavy atom. The highest BCUT2D eigenvalue weighted by atomic mass is 16.4. The van der Waals surface area contributed by atoms with E-state index in [1.807, 2.05) is 24.3 Å². The number of rotatable bonds is 18. The molecule has 1 aromatic carbocycles. The monoisotopic (exact) mass is 430 g/mol. The fraction of sp³-hybridized carbons (Fsp3) is 0.690. The lowest BCUT2D eigenvalue weighted by molar-refractivity contribution is -0.132. The van der Waals surface area contributed by atoms with E-state index in [9.17, 15) is 4.79 Å². The summed E-state index contributed by atoms with van der Waals surface area (Å²) < 4.78 is 0. The molecule has 0 aliphatic rings. The number of carboxylic acids is 1. The number of aryl methyl sites for hydroxylation is 1. The molecular weight excluding hydrogens is 380 g/mol. The van der Waals surface area contributed by atoms with Gasteiger partial charge in [-0.25, -0.2) is 4.79 Å². The zero-order valence-corrected chi connectivity index (χ0v) is 20.8. The van der Waals surface area contributed by atoms with Gasteiger partial charge in [0.05, 0.1) is 0 Å². The Hall–Kier alpha value is -1.57. The molecule has 2 nitrogen and oxygen atoms in total. The quantitative estimate of drug-likeness (QED) is 0.186. The van der Waals surface area contributed by atoms with Gasteiger partial charge >= 0.3 is 5.97 Å². The molecule has 1 N–H and O–H groups in total. The zero-order chi connectivity index (χ0) is 23.0. The summed E-state index contributed by atoms with van der Waals surface area (Å²) in [7, 11) is 0. The largest absolute Gasteiger partial charge is 0.478 e. The van der Waals surface area contributed by atoms with Crippen LogP contribution in [0, 0.1) is 6.92 Å². The average Bonchev–Trinajstić information content (AvgIpc) is 2.76. The number of carbonyl (C=O) groups is 1. The summed E-state index contributed by atoms with van der Waals surface area (Å²) in [6, 6.07) is 10.3. The summed E-state index contributed by atoms with van der Waals surface area (Å²) in [5.74, 6) is -0.786. The molecule has 0 aromatic heterocycles. The first kappa shape index (κ1) is 29.4. The molecule has 1 rings (SSSR count). The second kappa shape index (κ2) is 23.1. The Morgan fingerprint density at radius 1 is 0.710 bits per heavy atom. The van der Waals surface area contributed by atoms with Gasteiger partial charge < -0.3 is 5.11 Å². The first-order valence-electron chi connectivity index (χ1n) is 13.0. The number of carboxylic acid groups (broad SMARTS) is 1. The van der Waals surface area contributed by atoms with Gasteiger partial charge in [0.1, 0.15) is 0 Å². The van der Waals surface area contributed by atoms with E-state index in [1.165, 1.54) is 102 Å². The average molecular weight is 431 g/mol. The van der Waals surface area contributed by atoms with Crippen LogP contribution in [-0.2, 0) is 4.79 Å². The lowest BCUT2D eigenvalue weighted by atomic mass is 10.0. The standard InChI is InChI=1S/C22H42O2.C7H8/c1-3-4-5-6-7-8-9-10-11-12-13-14-15-16-17-18-19-20-21(2)22(23)24;1-7-5-3-2-4-6-7/h20H,3-19H2,1-2H3,(H,23,24);2-6H,1H3. The molecule has 31 heavy (non-hydrogen) atoms. The van der Waals surface area contributed by atoms with Crippen LogP contribution in [0.5, 0.6) is 0 Å². The maximum Gasteiger partial charge on any atom is 0.330 e. The fourth-order valence-corrected chi connectivity index (χ4v) is 3.63. The lowest BCUT2D eigenvalue weighted by Gasteiger charge is -2.03. The Balaban J connectivity index is 0.00000107. The number of aliphatic carboxylic acids is 1. The van der Waals surface area contributed by atoms with E-state index in [2.05, 4.69) is 26.0 Å². The predicted molar refractivity (Wildman–Crippen MR) is 137 cm³/mol. The van der Waals surface area contributed by atoms with Crippen LogP contribution in [0.1, 0.15) is 129 Å². The highest BCUT2D eigenvalue weighted by molar-refractivity contribution is 5.85. The van der Waals surface area contributed by atoms with Crippen LogP contribution < -0.4 is 0 Å². The number of benzene rings is 1. The second-order valence-electron chi connectivity index (χ2n) is 8.94. The fourth-order valence-electron chi connectivity index (χ4n) is 3.63. The van der Waals surface area contributed by atoms with Crippen molar-refractivity contribution >= 4 is 5.97 Å². The minimum atomic E-state index is -0.786. The van der Waals surface area contributed by atoms with Gasteiger partial charge in [0.25, 0.3) is 0 Å². The highest BCUT2D eigenvalue weighted by Crippen LogP contribution is 2.14. The van der Waals surface area contributed by atoms with Crippen molar-refractivity contribution in [1.82, 2.24) is 0 Å². The molecule has 0 saturated carbocycles. The van der Waals surface area contributed by atoms with Crippen molar-refractivity contribution in [3.05, 3.63) is 47.5 Å². The molecule has 0 fully saturated rings. The molecule has 0 aliphatic carbocycles. The van der Waals surface area contributed by atoms with Gasteiger partial charge in [0, 0.05) is 5.57 Å². The maximum absolute atomic E-state index is 10.6. The molecule has 0 spiro atoms. The minimum absolute atomic E-state index is 0.482. The topological polar surface area (TPSA) is 37.3 Å². The van der Waals surface area contributed by atoms with E-state index in [4.69, 9.17) is 5.11 Å². The van der Waals surface area contributed by atoms with Crippen LogP contribution >= 0.6 is 0 Å². The molecule has 0 aliphatic heterocycles. The van der Waals surface area contributed by atoms with Crippen LogP contribution in [0.15, 0.2) is 42.0 Å². The number of allylic oxidation sites excluding steroid dienone is 1. The van der Waals surface area contributed by atoms with E-state index in [0.29, 0.717) is 5.57 Å². The van der Waals surface area contributed by atoms with Gasteiger partial charge in [0.2, 0.25) is 0 Å². The molecule has 0 saturated heterocycles. The summed E-state index contributed by atoms with van der Waals surface area (Å²) in [5.41, 5.74) is 1.80. The van der Waals surface area contributed by atoms with Crippen LogP contribution in [0.3, 0.4) is 0 Å². The Morgan fingerprint density at radius 2 is 1.10 bits per heavy atom. The first-order valence-corrected chi connectivity index (χ1v) is 13.0. The predicted octanol–water partition coefficient (Wildman–Crippen LogP) is 9.66. The maximum atomic E-state index is 10.6. The van der Waals surface area contributed by atoms with E-state index in [1.54, 1.807) is 6.92 Å². The zero-order valence-electron chi connectivity index (χ0n) is 20.8. The van der Waals surface area contributed by atoms with Crippen molar-refractivity contribution in [3.63, 3.8) is 0 Å². The highest BCUT2D eigenvalue weighted by Gasteiger charge is 1.98. The van der Waals surface area contributed by atoms with Crippen LogP contribution in [-0.4, -0.2) is 11.1 Å². The molecule has 0 bridgehead atoms. The van der Waals surface area contributed by atoms with E-state index in [0.717, 1.165) is 12.8 Å². The van der Waals surface area contributed by atoms with Crippen molar-refractivity contribution in [2.45, 2.75) is 130 Å². The van der Waals surface area contributed by atoms with E-state index >= 15 is 0 Å². The molecule has 178 valence electrons. The molecule has 0 unspecified atom stereocenters. The Bertz CT molecular complexity index is 533. The molecule has 0 heterocycles. The van der Waals surface area contributed by atoms with Crippen molar-refractivity contribution in [3.8, 4) is 0 Å². The molecule has 2 heteroatoms. The van der Waals surface area contributed by atoms with Crippen molar-refractivity contribution in [2.75, 3.05) is 0 Å². The third-order valence-corrected chi connectivity index (χ3v) is 5.79. The SMILES string of the molecule is CCCCCCCCCCCCCCCCCCC=C(C)C(=O)O.Cc1ccccc1. The van der Waals surface area contributed by atoms with Gasteiger partial charge in [-0.1, -0.05) is 145 Å². The van der Waals surface area contributed by atoms with Gasteiger partial charge in [-0.2, -0.15) is 0 Å². The molecule has 0 atom stereocenters. The third kappa shape index (κ3) is 22.9. The molecular formula is C29H50O2. The smallest absolute Gasteiger partial charge is 0.330 e. The van der Waals surface area contributed by atoms with Crippen molar-refractivity contribution < 1.29 is 9.90 Å². The summed E-state index contributed by atoms with van der Waals surface area (Å²) in [6.07, 6.45) is 24.8. The summed E-state index contributed by atoms with van der Waals surface area (Å²) in [6.45, 7) is 6.04. The summed E-state index contributed by atoms with van der Waals surface area (Å²) >= 11 is 0. The van der Waals surface area contributed by atoms with Gasteiger partial charge in [-0.3, -0.25) is 0 Å². The Kier molecular flexibility index (Phi) is 21.9. The third-order valence-electron chi connectivity index (χ3n) is 5.79. The summed E-state index contributed by atoms with van der Waals surface area (Å²) in [4.78, 5) is 10.6. The second-order valence-corrected chi connectivity index (χ2v) is 8.94. The van der Waals surface area contributed by atoms with Gasteiger partial charge in [-0.05, 0) is 26.7 Å². The van der Waals surface area contributed by atoms with E-state index < -0.39 is 5.97 Å². The molecule has 1 aromatic rings. The Labute approximate surface area is 193 Å². The molecule has 0 amide bonds. The number of unbranched alkanes of at least 4 members (excludes halogenated alkanes) is 16. The van der Waals surface area contributed by atoms with Gasteiger partial charge in [0.15, 0.2) is 0 Å². The van der Waals surface area contributed by atoms with Gasteiger partial charge in [-0.15, -0.1) is 0 Å². The van der Waals surface area contributed by atoms with Crippen molar-refractivity contribution in [2.24, 2.45) is 0 Å². The molecule has 0 radical (unpaired) electrons. The number of hydrogen-bond acceptors (Lipinski definition) is 1.